The van der Waals surface area contributed by atoms with Crippen molar-refractivity contribution in [2.24, 2.45) is 0 Å². The summed E-state index contributed by atoms with van der Waals surface area (Å²) in [6, 6.07) is 2.85. The van der Waals surface area contributed by atoms with Crippen LogP contribution in [0.4, 0.5) is 0 Å². The molecule has 1 N–H and O–H groups in total. The van der Waals surface area contributed by atoms with Gasteiger partial charge < -0.3 is 14.6 Å². The Labute approximate surface area is 111 Å². The van der Waals surface area contributed by atoms with E-state index in [4.69, 9.17) is 4.42 Å². The fourth-order valence-corrected chi connectivity index (χ4v) is 2.19. The van der Waals surface area contributed by atoms with Gasteiger partial charge in [0.25, 0.3) is 0 Å². The van der Waals surface area contributed by atoms with Gasteiger partial charge in [-0.1, -0.05) is 19.8 Å². The van der Waals surface area contributed by atoms with Gasteiger partial charge in [-0.25, -0.2) is 0 Å². The Hall–Kier alpha value is -0.800. The van der Waals surface area contributed by atoms with Crippen molar-refractivity contribution >= 4 is 0 Å². The highest BCUT2D eigenvalue weighted by molar-refractivity contribution is 5.17. The van der Waals surface area contributed by atoms with Crippen LogP contribution in [-0.2, 0) is 13.1 Å². The number of nitrogens with one attached hydrogen (secondary N) is 1. The van der Waals surface area contributed by atoms with E-state index < -0.39 is 0 Å². The number of nitrogens with zero attached hydrogens (tertiary/aromatic N) is 1. The quantitative estimate of drug-likeness (QED) is 0.682. The van der Waals surface area contributed by atoms with Crippen LogP contribution in [0.25, 0.3) is 0 Å². The van der Waals surface area contributed by atoms with Gasteiger partial charge in [-0.05, 0) is 38.9 Å². The van der Waals surface area contributed by atoms with E-state index >= 15 is 0 Å². The van der Waals surface area contributed by atoms with Crippen LogP contribution in [0.3, 0.4) is 0 Å². The minimum atomic E-state index is 0.741. The second-order valence-corrected chi connectivity index (χ2v) is 5.47. The second kappa shape index (κ2) is 6.95. The molecule has 0 atom stereocenters. The minimum Gasteiger partial charge on any atom is -0.468 e. The summed E-state index contributed by atoms with van der Waals surface area (Å²) in [5, 5.41) is 3.51. The van der Waals surface area contributed by atoms with Crippen LogP contribution < -0.4 is 5.32 Å². The molecule has 1 aliphatic carbocycles. The van der Waals surface area contributed by atoms with Gasteiger partial charge in [-0.3, -0.25) is 0 Å². The lowest BCUT2D eigenvalue weighted by molar-refractivity contribution is 0.314. The van der Waals surface area contributed by atoms with E-state index in [9.17, 15) is 0 Å². The standard InChI is InChI=1S/C15H26N2O/c1-3-4-5-9-17(2)12-13-8-10-18-15(13)11-16-14-6-7-14/h8,10,14,16H,3-7,9,11-12H2,1-2H3. The third-order valence-electron chi connectivity index (χ3n) is 3.55. The average Bonchev–Trinajstić information content (AvgIpc) is 3.08. The molecule has 1 fully saturated rings. The predicted octanol–water partition coefficient (Wildman–Crippen LogP) is 3.15. The molecule has 0 radical (unpaired) electrons. The molecule has 1 aromatic rings. The molecule has 1 saturated carbocycles. The Morgan fingerprint density at radius 2 is 2.22 bits per heavy atom. The lowest BCUT2D eigenvalue weighted by atomic mass is 10.2. The number of furan rings is 1. The van der Waals surface area contributed by atoms with Crippen LogP contribution in [0.5, 0.6) is 0 Å². The summed E-state index contributed by atoms with van der Waals surface area (Å²) in [6.45, 7) is 5.31. The Bertz CT molecular complexity index is 344. The number of hydrogen-bond acceptors (Lipinski definition) is 3. The number of hydrogen-bond donors (Lipinski definition) is 1. The van der Waals surface area contributed by atoms with Crippen molar-refractivity contribution < 1.29 is 4.42 Å². The van der Waals surface area contributed by atoms with Gasteiger partial charge in [0.05, 0.1) is 12.8 Å². The first kappa shape index (κ1) is 13.6. The summed E-state index contributed by atoms with van der Waals surface area (Å²) in [4.78, 5) is 2.39. The molecule has 2 rings (SSSR count). The fraction of sp³-hybridized carbons (Fsp3) is 0.733. The highest BCUT2D eigenvalue weighted by atomic mass is 16.3. The Morgan fingerprint density at radius 3 is 2.94 bits per heavy atom. The summed E-state index contributed by atoms with van der Waals surface area (Å²) in [5.41, 5.74) is 1.34. The van der Waals surface area contributed by atoms with Crippen LogP contribution in [0.15, 0.2) is 16.7 Å². The van der Waals surface area contributed by atoms with E-state index in [-0.39, 0.29) is 0 Å². The van der Waals surface area contributed by atoms with Gasteiger partial charge in [-0.15, -0.1) is 0 Å². The van der Waals surface area contributed by atoms with E-state index in [1.807, 2.05) is 6.26 Å². The monoisotopic (exact) mass is 250 g/mol. The lowest BCUT2D eigenvalue weighted by Gasteiger charge is -2.16. The third-order valence-corrected chi connectivity index (χ3v) is 3.55. The first-order chi connectivity index (χ1) is 8.79. The summed E-state index contributed by atoms with van der Waals surface area (Å²) < 4.78 is 5.58. The molecule has 0 bridgehead atoms. The van der Waals surface area contributed by atoms with Gasteiger partial charge in [0.15, 0.2) is 0 Å². The Kier molecular flexibility index (Phi) is 5.26. The zero-order chi connectivity index (χ0) is 12.8. The Balaban J connectivity index is 1.74. The normalized spacial score (nSPS) is 15.5. The summed E-state index contributed by atoms with van der Waals surface area (Å²) in [7, 11) is 2.20. The van der Waals surface area contributed by atoms with E-state index in [0.29, 0.717) is 0 Å². The fourth-order valence-electron chi connectivity index (χ4n) is 2.19. The first-order valence-corrected chi connectivity index (χ1v) is 7.26. The van der Waals surface area contributed by atoms with Crippen molar-refractivity contribution in [2.45, 2.75) is 58.2 Å². The smallest absolute Gasteiger partial charge is 0.122 e. The zero-order valence-corrected chi connectivity index (χ0v) is 11.7. The molecule has 102 valence electrons. The van der Waals surface area contributed by atoms with Crippen LogP contribution in [0.2, 0.25) is 0 Å². The molecule has 0 saturated heterocycles. The molecular formula is C15H26N2O. The second-order valence-electron chi connectivity index (χ2n) is 5.47. The summed E-state index contributed by atoms with van der Waals surface area (Å²) in [6.07, 6.45) is 8.38. The molecule has 3 nitrogen and oxygen atoms in total. The van der Waals surface area contributed by atoms with Crippen molar-refractivity contribution in [3.63, 3.8) is 0 Å². The van der Waals surface area contributed by atoms with Gasteiger partial charge >= 0.3 is 0 Å². The summed E-state index contributed by atoms with van der Waals surface area (Å²) >= 11 is 0. The van der Waals surface area contributed by atoms with E-state index in [2.05, 4.69) is 30.3 Å². The third kappa shape index (κ3) is 4.46. The van der Waals surface area contributed by atoms with E-state index in [0.717, 1.165) is 24.9 Å². The molecular weight excluding hydrogens is 224 g/mol. The SMILES string of the molecule is CCCCCN(C)Cc1ccoc1CNC1CC1. The van der Waals surface area contributed by atoms with Crippen LogP contribution in [0, 0.1) is 0 Å². The molecule has 1 aromatic heterocycles. The summed E-state index contributed by atoms with van der Waals surface area (Å²) in [5.74, 6) is 1.12. The molecule has 18 heavy (non-hydrogen) atoms. The van der Waals surface area contributed by atoms with Crippen molar-refractivity contribution in [3.8, 4) is 0 Å². The highest BCUT2D eigenvalue weighted by Crippen LogP contribution is 2.20. The largest absolute Gasteiger partial charge is 0.468 e. The van der Waals surface area contributed by atoms with Gasteiger partial charge in [-0.2, -0.15) is 0 Å². The molecule has 0 aromatic carbocycles. The predicted molar refractivity (Wildman–Crippen MR) is 74.4 cm³/mol. The lowest BCUT2D eigenvalue weighted by Crippen LogP contribution is -2.21. The van der Waals surface area contributed by atoms with Crippen molar-refractivity contribution in [2.75, 3.05) is 13.6 Å². The van der Waals surface area contributed by atoms with Crippen LogP contribution >= 0.6 is 0 Å². The average molecular weight is 250 g/mol. The van der Waals surface area contributed by atoms with E-state index in [1.165, 1.54) is 44.2 Å². The van der Waals surface area contributed by atoms with E-state index in [1.54, 1.807) is 0 Å². The first-order valence-electron chi connectivity index (χ1n) is 7.26. The van der Waals surface area contributed by atoms with Crippen LogP contribution in [0.1, 0.15) is 50.4 Å². The molecule has 0 spiro atoms. The molecule has 0 aliphatic heterocycles. The molecule has 1 aliphatic rings. The number of unbranched alkanes of at least 4 members (excludes halogenated alkanes) is 2. The molecule has 3 heteroatoms. The number of rotatable bonds is 9. The maximum absolute atomic E-state index is 5.58. The van der Waals surface area contributed by atoms with Crippen molar-refractivity contribution in [1.29, 1.82) is 0 Å². The highest BCUT2D eigenvalue weighted by Gasteiger charge is 2.21. The van der Waals surface area contributed by atoms with Gasteiger partial charge in [0.1, 0.15) is 5.76 Å². The molecule has 0 amide bonds. The minimum absolute atomic E-state index is 0.741. The van der Waals surface area contributed by atoms with Crippen LogP contribution in [-0.4, -0.2) is 24.5 Å². The maximum Gasteiger partial charge on any atom is 0.122 e. The van der Waals surface area contributed by atoms with Gasteiger partial charge in [0, 0.05) is 18.2 Å². The molecule has 0 unspecified atom stereocenters. The topological polar surface area (TPSA) is 28.4 Å². The van der Waals surface area contributed by atoms with Crippen molar-refractivity contribution in [3.05, 3.63) is 23.7 Å². The van der Waals surface area contributed by atoms with Gasteiger partial charge in [0.2, 0.25) is 0 Å². The zero-order valence-electron chi connectivity index (χ0n) is 11.7. The molecule has 1 heterocycles. The maximum atomic E-state index is 5.58. The van der Waals surface area contributed by atoms with Crippen molar-refractivity contribution in [1.82, 2.24) is 10.2 Å². The Morgan fingerprint density at radius 1 is 1.39 bits per heavy atom.